The molecule has 0 radical (unpaired) electrons. The van der Waals surface area contributed by atoms with E-state index in [9.17, 15) is 0 Å². The second-order valence-corrected chi connectivity index (χ2v) is 11.2. The highest BCUT2D eigenvalue weighted by Crippen LogP contribution is 2.43. The molecule has 2 aromatic rings. The van der Waals surface area contributed by atoms with Gasteiger partial charge in [-0.15, -0.1) is 10.2 Å². The van der Waals surface area contributed by atoms with Crippen molar-refractivity contribution in [3.8, 4) is 0 Å². The SMILES string of the molecule is C=Cc1nnc([C@H]2CC[C@H](c3cnn([C@H]4CC[C@H](N5CC6(CCOC6)C5)CC4)c3)CC2)n1C. The summed E-state index contributed by atoms with van der Waals surface area (Å²) in [5, 5.41) is 13.5. The highest BCUT2D eigenvalue weighted by Gasteiger charge is 2.48. The van der Waals surface area contributed by atoms with Crippen LogP contribution in [0.15, 0.2) is 19.0 Å². The van der Waals surface area contributed by atoms with Gasteiger partial charge in [0.1, 0.15) is 5.82 Å². The minimum Gasteiger partial charge on any atom is -0.381 e. The predicted octanol–water partition coefficient (Wildman–Crippen LogP) is 4.30. The second-order valence-electron chi connectivity index (χ2n) is 11.2. The van der Waals surface area contributed by atoms with Gasteiger partial charge in [-0.05, 0) is 75.3 Å². The van der Waals surface area contributed by atoms with E-state index in [1.165, 1.54) is 76.4 Å². The molecule has 1 spiro atoms. The van der Waals surface area contributed by atoms with Crippen molar-refractivity contribution < 1.29 is 4.74 Å². The molecule has 0 bridgehead atoms. The van der Waals surface area contributed by atoms with E-state index in [0.717, 1.165) is 30.9 Å². The first-order chi connectivity index (χ1) is 16.1. The normalized spacial score (nSPS) is 32.2. The van der Waals surface area contributed by atoms with E-state index in [-0.39, 0.29) is 0 Å². The maximum absolute atomic E-state index is 5.66. The topological polar surface area (TPSA) is 61.0 Å². The standard InChI is InChI=1S/C26H38N6O/c1-3-24-28-29-25(30(24)2)20-6-4-19(5-7-20)21-14-27-32(15-21)23-10-8-22(9-11-23)31-16-26(17-31)12-13-33-18-26/h3,14-15,19-20,22-23H,1,4-13,16-18H2,2H3/t19-,20-,22-,23-. The zero-order valence-corrected chi connectivity index (χ0v) is 20.0. The summed E-state index contributed by atoms with van der Waals surface area (Å²) in [7, 11) is 2.06. The van der Waals surface area contributed by atoms with Crippen LogP contribution >= 0.6 is 0 Å². The van der Waals surface area contributed by atoms with Crippen LogP contribution in [0.4, 0.5) is 0 Å². The zero-order chi connectivity index (χ0) is 22.4. The first-order valence-corrected chi connectivity index (χ1v) is 13.0. The molecular formula is C26H38N6O. The van der Waals surface area contributed by atoms with Crippen molar-refractivity contribution in [3.63, 3.8) is 0 Å². The minimum atomic E-state index is 0.507. The number of nitrogens with zero attached hydrogens (tertiary/aromatic N) is 6. The van der Waals surface area contributed by atoms with Gasteiger partial charge < -0.3 is 9.30 Å². The molecule has 4 fully saturated rings. The van der Waals surface area contributed by atoms with Crippen LogP contribution in [0.5, 0.6) is 0 Å². The van der Waals surface area contributed by atoms with Crippen molar-refractivity contribution in [3.05, 3.63) is 36.2 Å². The van der Waals surface area contributed by atoms with Crippen molar-refractivity contribution >= 4 is 6.08 Å². The van der Waals surface area contributed by atoms with E-state index < -0.39 is 0 Å². The Bertz CT molecular complexity index is 965. The minimum absolute atomic E-state index is 0.507. The third-order valence-electron chi connectivity index (χ3n) is 9.13. The Hall–Kier alpha value is -1.99. The summed E-state index contributed by atoms with van der Waals surface area (Å²) in [5.74, 6) is 3.12. The van der Waals surface area contributed by atoms with Gasteiger partial charge in [-0.1, -0.05) is 6.58 Å². The number of hydrogen-bond donors (Lipinski definition) is 0. The third-order valence-corrected chi connectivity index (χ3v) is 9.13. The van der Waals surface area contributed by atoms with Crippen molar-refractivity contribution in [2.24, 2.45) is 12.5 Å². The van der Waals surface area contributed by atoms with Gasteiger partial charge in [-0.2, -0.15) is 5.10 Å². The van der Waals surface area contributed by atoms with Crippen molar-refractivity contribution in [1.29, 1.82) is 0 Å². The van der Waals surface area contributed by atoms with Gasteiger partial charge >= 0.3 is 0 Å². The summed E-state index contributed by atoms with van der Waals surface area (Å²) in [4.78, 5) is 2.73. The number of aromatic nitrogens is 5. The Morgan fingerprint density at radius 2 is 1.73 bits per heavy atom. The Labute approximate surface area is 197 Å². The van der Waals surface area contributed by atoms with Gasteiger partial charge in [0.25, 0.3) is 0 Å². The number of rotatable bonds is 5. The van der Waals surface area contributed by atoms with Gasteiger partial charge in [-0.25, -0.2) is 0 Å². The summed E-state index contributed by atoms with van der Waals surface area (Å²) in [6.07, 6.45) is 17.5. The van der Waals surface area contributed by atoms with Gasteiger partial charge in [0.15, 0.2) is 5.82 Å². The largest absolute Gasteiger partial charge is 0.381 e. The average molecular weight is 451 g/mol. The molecule has 6 rings (SSSR count). The molecule has 33 heavy (non-hydrogen) atoms. The molecule has 178 valence electrons. The molecule has 2 saturated heterocycles. The van der Waals surface area contributed by atoms with E-state index in [0.29, 0.717) is 23.3 Å². The maximum Gasteiger partial charge on any atom is 0.155 e. The molecule has 2 aliphatic heterocycles. The summed E-state index contributed by atoms with van der Waals surface area (Å²) in [6.45, 7) is 8.33. The van der Waals surface area contributed by atoms with Gasteiger partial charge in [0, 0.05) is 50.3 Å². The van der Waals surface area contributed by atoms with E-state index in [1.807, 2.05) is 0 Å². The highest BCUT2D eigenvalue weighted by atomic mass is 16.5. The van der Waals surface area contributed by atoms with Crippen LogP contribution in [0.25, 0.3) is 6.08 Å². The van der Waals surface area contributed by atoms with Crippen LogP contribution < -0.4 is 0 Å². The number of hydrogen-bond acceptors (Lipinski definition) is 5. The molecule has 0 N–H and O–H groups in total. The molecule has 2 saturated carbocycles. The molecule has 2 aliphatic carbocycles. The van der Waals surface area contributed by atoms with Gasteiger partial charge in [0.05, 0.1) is 18.8 Å². The summed E-state index contributed by atoms with van der Waals surface area (Å²) in [5.41, 5.74) is 1.94. The van der Waals surface area contributed by atoms with E-state index in [2.05, 4.69) is 50.4 Å². The van der Waals surface area contributed by atoms with E-state index >= 15 is 0 Å². The van der Waals surface area contributed by atoms with Crippen LogP contribution in [-0.2, 0) is 11.8 Å². The monoisotopic (exact) mass is 450 g/mol. The highest BCUT2D eigenvalue weighted by molar-refractivity contribution is 5.36. The first-order valence-electron chi connectivity index (χ1n) is 13.0. The summed E-state index contributed by atoms with van der Waals surface area (Å²) in [6, 6.07) is 1.35. The van der Waals surface area contributed by atoms with Crippen molar-refractivity contribution in [2.45, 2.75) is 81.7 Å². The van der Waals surface area contributed by atoms with Crippen LogP contribution in [0, 0.1) is 5.41 Å². The molecule has 7 heteroatoms. The molecule has 0 amide bonds. The molecular weight excluding hydrogens is 412 g/mol. The fourth-order valence-electron chi connectivity index (χ4n) is 7.00. The molecule has 0 unspecified atom stereocenters. The van der Waals surface area contributed by atoms with Crippen molar-refractivity contribution in [2.75, 3.05) is 26.3 Å². The van der Waals surface area contributed by atoms with Crippen LogP contribution in [-0.4, -0.2) is 61.8 Å². The summed E-state index contributed by atoms with van der Waals surface area (Å²) >= 11 is 0. The lowest BCUT2D eigenvalue weighted by Gasteiger charge is -2.52. The Balaban J connectivity index is 1.00. The Kier molecular flexibility index (Phi) is 5.65. The molecule has 4 heterocycles. The molecule has 0 aromatic carbocycles. The first kappa shape index (κ1) is 21.5. The lowest BCUT2D eigenvalue weighted by Crippen LogP contribution is -2.60. The smallest absolute Gasteiger partial charge is 0.155 e. The third kappa shape index (κ3) is 3.97. The van der Waals surface area contributed by atoms with E-state index in [1.54, 1.807) is 6.08 Å². The van der Waals surface area contributed by atoms with Crippen LogP contribution in [0.2, 0.25) is 0 Å². The number of likely N-dealkylation sites (tertiary alicyclic amines) is 1. The molecule has 2 aromatic heterocycles. The molecule has 7 nitrogen and oxygen atoms in total. The quantitative estimate of drug-likeness (QED) is 0.680. The van der Waals surface area contributed by atoms with Crippen LogP contribution in [0.1, 0.15) is 92.9 Å². The van der Waals surface area contributed by atoms with Gasteiger partial charge in [0.2, 0.25) is 0 Å². The average Bonchev–Trinajstić information content (AvgIpc) is 3.58. The zero-order valence-electron chi connectivity index (χ0n) is 20.0. The lowest BCUT2D eigenvalue weighted by molar-refractivity contribution is -0.0475. The van der Waals surface area contributed by atoms with Gasteiger partial charge in [-0.3, -0.25) is 9.58 Å². The van der Waals surface area contributed by atoms with Crippen molar-refractivity contribution in [1.82, 2.24) is 29.4 Å². The summed E-state index contributed by atoms with van der Waals surface area (Å²) < 4.78 is 10.1. The Morgan fingerprint density at radius 3 is 2.39 bits per heavy atom. The fourth-order valence-corrected chi connectivity index (χ4v) is 7.00. The molecule has 0 atom stereocenters. The second kappa shape index (κ2) is 8.66. The predicted molar refractivity (Wildman–Crippen MR) is 128 cm³/mol. The Morgan fingerprint density at radius 1 is 1.00 bits per heavy atom. The fraction of sp³-hybridized carbons (Fsp3) is 0.731. The lowest BCUT2D eigenvalue weighted by atomic mass is 9.76. The van der Waals surface area contributed by atoms with E-state index in [4.69, 9.17) is 9.84 Å². The maximum atomic E-state index is 5.66. The number of ether oxygens (including phenoxy) is 1. The van der Waals surface area contributed by atoms with Crippen LogP contribution in [0.3, 0.4) is 0 Å². The molecule has 4 aliphatic rings.